The average molecular weight is 151 g/mol. The normalized spacial score (nSPS) is 15.4. The molecule has 0 heterocycles. The highest BCUT2D eigenvalue weighted by Crippen LogP contribution is 1.93. The maximum atomic E-state index is 10.4. The molecule has 3 nitrogen and oxygen atoms in total. The summed E-state index contributed by atoms with van der Waals surface area (Å²) >= 11 is 0. The highest BCUT2D eigenvalue weighted by molar-refractivity contribution is 7.90. The molecular weight excluding hydrogens is 140 g/mol. The van der Waals surface area contributed by atoms with E-state index in [1.54, 1.807) is 0 Å². The van der Waals surface area contributed by atoms with Crippen molar-refractivity contribution in [3.8, 4) is 0 Å². The van der Waals surface area contributed by atoms with Crippen LogP contribution in [-0.4, -0.2) is 26.5 Å². The van der Waals surface area contributed by atoms with Gasteiger partial charge in [-0.15, -0.1) is 0 Å². The number of hydrogen-bond acceptors (Lipinski definition) is 2. The van der Waals surface area contributed by atoms with Gasteiger partial charge in [-0.25, -0.2) is 13.5 Å². The fourth-order valence-corrected chi connectivity index (χ4v) is 1.14. The van der Waals surface area contributed by atoms with Crippen LogP contribution >= 0.6 is 0 Å². The van der Waals surface area contributed by atoms with E-state index >= 15 is 0 Å². The van der Waals surface area contributed by atoms with Crippen LogP contribution < -0.4 is 0 Å². The molecule has 0 rings (SSSR count). The molecule has 1 radical (unpaired) electrons. The zero-order valence-electron chi connectivity index (χ0n) is 5.62. The third-order valence-corrected chi connectivity index (χ3v) is 1.87. The van der Waals surface area contributed by atoms with Gasteiger partial charge in [0.2, 0.25) is 0 Å². The van der Waals surface area contributed by atoms with E-state index in [0.717, 1.165) is 6.26 Å². The summed E-state index contributed by atoms with van der Waals surface area (Å²) < 4.78 is 20.8. The van der Waals surface area contributed by atoms with E-state index in [2.05, 4.69) is 0 Å². The summed E-state index contributed by atoms with van der Waals surface area (Å²) in [7, 11) is -2.92. The Morgan fingerprint density at radius 3 is 2.00 bits per heavy atom. The first-order valence-electron chi connectivity index (χ1n) is 2.75. The van der Waals surface area contributed by atoms with Gasteiger partial charge in [-0.05, 0) is 13.3 Å². The molecular formula is C5H11O3S. The SMILES string of the molecule is CC([O])CCS(C)(=O)=O. The lowest BCUT2D eigenvalue weighted by Crippen LogP contribution is -2.09. The maximum Gasteiger partial charge on any atom is 0.147 e. The fraction of sp³-hybridized carbons (Fsp3) is 1.00. The van der Waals surface area contributed by atoms with Gasteiger partial charge in [-0.3, -0.25) is 0 Å². The largest absolute Gasteiger partial charge is 0.233 e. The molecule has 0 bridgehead atoms. The maximum absolute atomic E-state index is 10.4. The molecule has 1 atom stereocenters. The predicted octanol–water partition coefficient (Wildman–Crippen LogP) is 0.240. The summed E-state index contributed by atoms with van der Waals surface area (Å²) in [6.07, 6.45) is 0.591. The van der Waals surface area contributed by atoms with Crippen molar-refractivity contribution < 1.29 is 13.5 Å². The minimum absolute atomic E-state index is 0.0116. The molecule has 0 spiro atoms. The molecule has 0 aliphatic heterocycles. The van der Waals surface area contributed by atoms with Gasteiger partial charge in [0.15, 0.2) is 0 Å². The zero-order valence-corrected chi connectivity index (χ0v) is 6.44. The van der Waals surface area contributed by atoms with E-state index < -0.39 is 15.9 Å². The van der Waals surface area contributed by atoms with Crippen LogP contribution in [0, 0.1) is 0 Å². The van der Waals surface area contributed by atoms with E-state index in [4.69, 9.17) is 0 Å². The second kappa shape index (κ2) is 3.17. The molecule has 0 N–H and O–H groups in total. The molecule has 0 amide bonds. The smallest absolute Gasteiger partial charge is 0.147 e. The fourth-order valence-electron chi connectivity index (χ4n) is 0.380. The molecule has 1 unspecified atom stereocenters. The summed E-state index contributed by atoms with van der Waals surface area (Å²) in [6, 6.07) is 0. The number of hydrogen-bond donors (Lipinski definition) is 0. The van der Waals surface area contributed by atoms with Crippen LogP contribution in [0.5, 0.6) is 0 Å². The molecule has 0 saturated carbocycles. The third-order valence-electron chi connectivity index (χ3n) is 0.895. The van der Waals surface area contributed by atoms with Crippen LogP contribution in [-0.2, 0) is 14.9 Å². The molecule has 0 fully saturated rings. The average Bonchev–Trinajstić information content (AvgIpc) is 1.59. The first kappa shape index (κ1) is 8.91. The van der Waals surface area contributed by atoms with Crippen molar-refractivity contribution in [3.05, 3.63) is 0 Å². The summed E-state index contributed by atoms with van der Waals surface area (Å²) in [5.74, 6) is 0.0116. The lowest BCUT2D eigenvalue weighted by atomic mass is 10.3. The van der Waals surface area contributed by atoms with Crippen LogP contribution in [0.4, 0.5) is 0 Å². The van der Waals surface area contributed by atoms with Gasteiger partial charge < -0.3 is 0 Å². The molecule has 0 aromatic heterocycles. The summed E-state index contributed by atoms with van der Waals surface area (Å²) in [5.41, 5.74) is 0. The number of sulfone groups is 1. The van der Waals surface area contributed by atoms with Crippen molar-refractivity contribution >= 4 is 9.84 Å². The van der Waals surface area contributed by atoms with Gasteiger partial charge >= 0.3 is 0 Å². The molecule has 4 heteroatoms. The molecule has 0 aromatic rings. The van der Waals surface area contributed by atoms with Crippen LogP contribution in [0.3, 0.4) is 0 Å². The van der Waals surface area contributed by atoms with Crippen molar-refractivity contribution in [2.24, 2.45) is 0 Å². The molecule has 0 saturated heterocycles. The topological polar surface area (TPSA) is 54.0 Å². The lowest BCUT2D eigenvalue weighted by molar-refractivity contribution is 0.103. The van der Waals surface area contributed by atoms with Gasteiger partial charge in [0.05, 0.1) is 11.9 Å². The molecule has 55 valence electrons. The minimum Gasteiger partial charge on any atom is -0.233 e. The monoisotopic (exact) mass is 151 g/mol. The molecule has 9 heavy (non-hydrogen) atoms. The highest BCUT2D eigenvalue weighted by Gasteiger charge is 2.04. The summed E-state index contributed by atoms with van der Waals surface area (Å²) in [5, 5.41) is 10.3. The Morgan fingerprint density at radius 2 is 1.89 bits per heavy atom. The summed E-state index contributed by atoms with van der Waals surface area (Å²) in [6.45, 7) is 1.46. The van der Waals surface area contributed by atoms with E-state index in [0.29, 0.717) is 0 Å². The molecule has 0 aromatic carbocycles. The molecule has 0 aliphatic carbocycles. The van der Waals surface area contributed by atoms with Crippen molar-refractivity contribution in [2.75, 3.05) is 12.0 Å². The van der Waals surface area contributed by atoms with E-state index in [9.17, 15) is 13.5 Å². The zero-order chi connectivity index (χ0) is 7.49. The van der Waals surface area contributed by atoms with Crippen molar-refractivity contribution in [1.29, 1.82) is 0 Å². The first-order chi connectivity index (χ1) is 3.92. The lowest BCUT2D eigenvalue weighted by Gasteiger charge is -1.97. The number of rotatable bonds is 3. The Morgan fingerprint density at radius 1 is 1.44 bits per heavy atom. The Balaban J connectivity index is 3.53. The van der Waals surface area contributed by atoms with E-state index in [1.165, 1.54) is 6.92 Å². The third kappa shape index (κ3) is 7.91. The van der Waals surface area contributed by atoms with Crippen LogP contribution in [0.2, 0.25) is 0 Å². The summed E-state index contributed by atoms with van der Waals surface area (Å²) in [4.78, 5) is 0. The second-order valence-electron chi connectivity index (χ2n) is 2.23. The minimum atomic E-state index is -2.92. The van der Waals surface area contributed by atoms with E-state index in [-0.39, 0.29) is 12.2 Å². The highest BCUT2D eigenvalue weighted by atomic mass is 32.2. The van der Waals surface area contributed by atoms with Crippen LogP contribution in [0.1, 0.15) is 13.3 Å². The van der Waals surface area contributed by atoms with Gasteiger partial charge in [-0.2, -0.15) is 0 Å². The Hall–Kier alpha value is -0.0900. The van der Waals surface area contributed by atoms with Crippen molar-refractivity contribution in [2.45, 2.75) is 19.4 Å². The van der Waals surface area contributed by atoms with Gasteiger partial charge in [-0.1, -0.05) is 0 Å². The molecule has 0 aliphatic rings. The first-order valence-corrected chi connectivity index (χ1v) is 4.81. The van der Waals surface area contributed by atoms with Crippen molar-refractivity contribution in [1.82, 2.24) is 0 Å². The van der Waals surface area contributed by atoms with Gasteiger partial charge in [0.25, 0.3) is 0 Å². The van der Waals surface area contributed by atoms with Crippen LogP contribution in [0.15, 0.2) is 0 Å². The Bertz CT molecular complexity index is 157. The quantitative estimate of drug-likeness (QED) is 0.580. The predicted molar refractivity (Wildman–Crippen MR) is 34.5 cm³/mol. The Labute approximate surface area is 55.6 Å². The van der Waals surface area contributed by atoms with Gasteiger partial charge in [0.1, 0.15) is 9.84 Å². The second-order valence-corrected chi connectivity index (χ2v) is 4.49. The van der Waals surface area contributed by atoms with Gasteiger partial charge in [0, 0.05) is 6.26 Å². The standard InChI is InChI=1S/C5H11O3S/c1-5(6)3-4-9(2,7)8/h5H,3-4H2,1-2H3. The Kier molecular flexibility index (Phi) is 3.14. The van der Waals surface area contributed by atoms with Crippen LogP contribution in [0.25, 0.3) is 0 Å². The van der Waals surface area contributed by atoms with E-state index in [1.807, 2.05) is 0 Å². The van der Waals surface area contributed by atoms with Crippen molar-refractivity contribution in [3.63, 3.8) is 0 Å².